The minimum Gasteiger partial charge on any atom is -0.309 e. The lowest BCUT2D eigenvalue weighted by Crippen LogP contribution is -1.96. The fourth-order valence-electron chi connectivity index (χ4n) is 7.92. The molecule has 0 fully saturated rings. The molecule has 0 saturated carbocycles. The fourth-order valence-corrected chi connectivity index (χ4v) is 7.92. The van der Waals surface area contributed by atoms with Crippen LogP contribution in [0.1, 0.15) is 26.0 Å². The summed E-state index contributed by atoms with van der Waals surface area (Å²) in [5.74, 6) is 0. The van der Waals surface area contributed by atoms with Gasteiger partial charge in [-0.2, -0.15) is 0 Å². The van der Waals surface area contributed by atoms with Crippen molar-refractivity contribution in [3.8, 4) is 39.3 Å². The van der Waals surface area contributed by atoms with E-state index in [1.807, 2.05) is 71.3 Å². The minimum atomic E-state index is -0.724. The number of hydrogen-bond acceptors (Lipinski definition) is 0. The van der Waals surface area contributed by atoms with Crippen molar-refractivity contribution < 1.29 is 26.0 Å². The number of nitrogens with zero attached hydrogens (tertiary/aromatic N) is 3. The maximum absolute atomic E-state index is 10.00. The maximum Gasteiger partial charge on any atom is 0.0645 e. The van der Waals surface area contributed by atoms with Gasteiger partial charge >= 0.3 is 0 Å². The summed E-state index contributed by atoms with van der Waals surface area (Å²) in [6.45, 7) is 0. The van der Waals surface area contributed by atoms with Crippen LogP contribution in [-0.2, 0) is 0 Å². The quantitative estimate of drug-likeness (QED) is 0.167. The van der Waals surface area contributed by atoms with Gasteiger partial charge in [-0.15, -0.1) is 0 Å². The first-order chi connectivity index (χ1) is 36.2. The average molecular weight is 745 g/mol. The van der Waals surface area contributed by atoms with E-state index < -0.39 is 126 Å². The number of rotatable bonds is 5. The predicted octanol–water partition coefficient (Wildman–Crippen LogP) is 14.3. The van der Waals surface area contributed by atoms with Crippen LogP contribution in [0.25, 0.3) is 105 Å². The molecule has 0 N–H and O–H groups in total. The molecule has 3 heterocycles. The van der Waals surface area contributed by atoms with Crippen LogP contribution >= 0.6 is 0 Å². The highest BCUT2D eigenvalue weighted by atomic mass is 15.0. The first kappa shape index (κ1) is 18.3. The van der Waals surface area contributed by atoms with Crippen molar-refractivity contribution in [1.29, 1.82) is 0 Å². The average Bonchev–Trinajstić information content (AvgIpc) is 4.09. The number of fused-ring (bicyclic) bond motifs is 9. The van der Waals surface area contributed by atoms with Gasteiger partial charge in [0, 0.05) is 49.4 Å². The van der Waals surface area contributed by atoms with Crippen LogP contribution in [-0.4, -0.2) is 13.7 Å². The molecule has 9 aromatic carbocycles. The molecular formula is C54H35N3. The van der Waals surface area contributed by atoms with Gasteiger partial charge < -0.3 is 13.7 Å². The van der Waals surface area contributed by atoms with Crippen molar-refractivity contribution >= 4 is 65.4 Å². The summed E-state index contributed by atoms with van der Waals surface area (Å²) in [5, 5.41) is 0.907. The SMILES string of the molecule is [2H]c1c([2H])c([2H])c(-c2ccc(-n3c4c([2H])c([2H])c([2H])c([2H])c4c4c([2H])c(-c5c([2H])c([2H])c6c(c5[2H])c5c([2H])c([2H])c([2H])c([2H])c5n6-c5ccc6c7ccccc7n(-c7ccccc7)c6c5)c([2H])c([2H])c43)cc2)c([2H])c1[2H]. The van der Waals surface area contributed by atoms with Gasteiger partial charge in [-0.1, -0.05) is 133 Å². The van der Waals surface area contributed by atoms with E-state index in [4.69, 9.17) is 13.7 Å². The summed E-state index contributed by atoms with van der Waals surface area (Å²) >= 11 is 0. The van der Waals surface area contributed by atoms with Gasteiger partial charge in [0.1, 0.15) is 0 Å². The van der Waals surface area contributed by atoms with Crippen molar-refractivity contribution in [3.63, 3.8) is 0 Å². The second kappa shape index (κ2) is 12.5. The molecule has 0 radical (unpaired) electrons. The minimum absolute atomic E-state index is 0.105. The molecule has 266 valence electrons. The summed E-state index contributed by atoms with van der Waals surface area (Å²) in [4.78, 5) is 0. The molecular weight excluding hydrogens is 691 g/mol. The predicted molar refractivity (Wildman–Crippen MR) is 240 cm³/mol. The molecule has 3 aromatic heterocycles. The second-order valence-electron chi connectivity index (χ2n) is 13.5. The zero-order valence-corrected chi connectivity index (χ0v) is 29.6. The standard InChI is InChI=1S/C54H35N3/c1-3-13-36(14-4-1)37-23-27-41(28-24-37)55-50-21-11-8-18-44(50)47-33-38(25-31-52(47)55)39-26-32-53-48(34-39)45-19-9-12-22-51(45)57(53)42-29-30-46-43-17-7-10-20-49(43)56(54(46)35-42)40-15-5-2-6-16-40/h1-35H/i1D,3D,4D,8D,9D,11D,12D,13D,14D,18D,19D,21D,22D,25D,26D,31D,32D,33D,34D. The van der Waals surface area contributed by atoms with Gasteiger partial charge in [0.25, 0.3) is 0 Å². The van der Waals surface area contributed by atoms with Crippen LogP contribution in [0.4, 0.5) is 0 Å². The topological polar surface area (TPSA) is 14.8 Å². The Morgan fingerprint density at radius 2 is 0.789 bits per heavy atom. The van der Waals surface area contributed by atoms with Crippen molar-refractivity contribution in [2.45, 2.75) is 0 Å². The third kappa shape index (κ3) is 4.86. The largest absolute Gasteiger partial charge is 0.309 e. The Kier molecular flexibility index (Phi) is 4.01. The van der Waals surface area contributed by atoms with Crippen LogP contribution < -0.4 is 0 Å². The highest BCUT2D eigenvalue weighted by Crippen LogP contribution is 2.40. The highest BCUT2D eigenvalue weighted by Gasteiger charge is 2.18. The molecule has 0 spiro atoms. The number of aromatic nitrogens is 3. The fraction of sp³-hybridized carbons (Fsp3) is 0. The lowest BCUT2D eigenvalue weighted by atomic mass is 10.0. The summed E-state index contributed by atoms with van der Waals surface area (Å²) in [7, 11) is 0. The number of para-hydroxylation sites is 4. The molecule has 3 nitrogen and oxygen atoms in total. The lowest BCUT2D eigenvalue weighted by Gasteiger charge is -2.11. The van der Waals surface area contributed by atoms with Crippen LogP contribution in [0.5, 0.6) is 0 Å². The Hall–Kier alpha value is -7.62. The van der Waals surface area contributed by atoms with E-state index >= 15 is 0 Å². The highest BCUT2D eigenvalue weighted by molar-refractivity contribution is 6.14. The molecule has 0 aliphatic heterocycles. The van der Waals surface area contributed by atoms with Crippen molar-refractivity contribution in [2.24, 2.45) is 0 Å². The Balaban J connectivity index is 1.16. The molecule has 12 rings (SSSR count). The van der Waals surface area contributed by atoms with E-state index in [1.165, 1.54) is 33.4 Å². The molecule has 12 aromatic rings. The molecule has 0 saturated heterocycles. The van der Waals surface area contributed by atoms with Gasteiger partial charge in [-0.25, -0.2) is 0 Å². The van der Waals surface area contributed by atoms with Gasteiger partial charge in [0.15, 0.2) is 0 Å². The monoisotopic (exact) mass is 744 g/mol. The second-order valence-corrected chi connectivity index (χ2v) is 13.5. The van der Waals surface area contributed by atoms with E-state index in [-0.39, 0.29) is 60.4 Å². The van der Waals surface area contributed by atoms with Gasteiger partial charge in [-0.3, -0.25) is 0 Å². The lowest BCUT2D eigenvalue weighted by molar-refractivity contribution is 1.15. The Morgan fingerprint density at radius 1 is 0.281 bits per heavy atom. The molecule has 0 bridgehead atoms. The van der Waals surface area contributed by atoms with Crippen LogP contribution in [0.3, 0.4) is 0 Å². The summed E-state index contributed by atoms with van der Waals surface area (Å²) < 4.78 is 177. The third-order valence-corrected chi connectivity index (χ3v) is 10.4. The van der Waals surface area contributed by atoms with Gasteiger partial charge in [-0.05, 0) is 101 Å². The molecule has 3 heteroatoms. The van der Waals surface area contributed by atoms with E-state index in [1.54, 1.807) is 6.07 Å². The van der Waals surface area contributed by atoms with Crippen molar-refractivity contribution in [2.75, 3.05) is 0 Å². The van der Waals surface area contributed by atoms with Crippen molar-refractivity contribution in [1.82, 2.24) is 13.7 Å². The van der Waals surface area contributed by atoms with E-state index in [9.17, 15) is 12.3 Å². The summed E-state index contributed by atoms with van der Waals surface area (Å²) in [5.41, 5.74) is 1.30. The number of benzene rings is 9. The van der Waals surface area contributed by atoms with Crippen LogP contribution in [0.2, 0.25) is 0 Å². The zero-order chi connectivity index (χ0) is 54.0. The first-order valence-electron chi connectivity index (χ1n) is 27.6. The van der Waals surface area contributed by atoms with Gasteiger partial charge in [0.2, 0.25) is 0 Å². The van der Waals surface area contributed by atoms with E-state index in [0.717, 1.165) is 22.0 Å². The van der Waals surface area contributed by atoms with Gasteiger partial charge in [0.05, 0.1) is 59.1 Å². The molecule has 57 heavy (non-hydrogen) atoms. The third-order valence-electron chi connectivity index (χ3n) is 10.4. The maximum atomic E-state index is 10.00. The molecule has 0 aliphatic rings. The zero-order valence-electron chi connectivity index (χ0n) is 48.6. The smallest absolute Gasteiger partial charge is 0.0645 e. The summed E-state index contributed by atoms with van der Waals surface area (Å²) in [6.07, 6.45) is 0. The molecule has 0 atom stereocenters. The van der Waals surface area contributed by atoms with E-state index in [2.05, 4.69) is 0 Å². The molecule has 0 amide bonds. The normalized spacial score (nSPS) is 16.5. The Labute approximate surface area is 356 Å². The van der Waals surface area contributed by atoms with Crippen LogP contribution in [0, 0.1) is 0 Å². The Morgan fingerprint density at radius 3 is 1.47 bits per heavy atom. The number of hydrogen-bond donors (Lipinski definition) is 0. The first-order valence-corrected chi connectivity index (χ1v) is 18.1. The van der Waals surface area contributed by atoms with Crippen molar-refractivity contribution in [3.05, 3.63) is 212 Å². The van der Waals surface area contributed by atoms with Crippen LogP contribution in [0.15, 0.2) is 212 Å². The van der Waals surface area contributed by atoms with E-state index in [0.29, 0.717) is 11.2 Å². The summed E-state index contributed by atoms with van der Waals surface area (Å²) in [6, 6.07) is 17.2. The molecule has 0 unspecified atom stereocenters. The molecule has 0 aliphatic carbocycles. The Bertz CT molecular complexity index is 4590.